The molecule has 4 heteroatoms. The fourth-order valence-electron chi connectivity index (χ4n) is 2.88. The summed E-state index contributed by atoms with van der Waals surface area (Å²) in [6.45, 7) is 6.05. The Labute approximate surface area is 139 Å². The molecule has 24 heavy (non-hydrogen) atoms. The van der Waals surface area contributed by atoms with Crippen LogP contribution < -0.4 is 0 Å². The van der Waals surface area contributed by atoms with Gasteiger partial charge in [0.05, 0.1) is 11.3 Å². The van der Waals surface area contributed by atoms with Crippen molar-refractivity contribution in [1.82, 2.24) is 4.98 Å². The first-order valence-corrected chi connectivity index (χ1v) is 7.74. The number of fused-ring (bicyclic) bond motifs is 1. The molecule has 0 aliphatic carbocycles. The van der Waals surface area contributed by atoms with Crippen LogP contribution in [0.15, 0.2) is 54.7 Å². The molecule has 0 aliphatic rings. The Kier molecular flexibility index (Phi) is 3.86. The molecule has 1 aromatic heterocycles. The number of pyridine rings is 1. The zero-order chi connectivity index (χ0) is 17.5. The molecule has 0 bridgehead atoms. The Morgan fingerprint density at radius 3 is 2.25 bits per heavy atom. The van der Waals surface area contributed by atoms with Gasteiger partial charge >= 0.3 is 6.18 Å². The van der Waals surface area contributed by atoms with Gasteiger partial charge in [-0.2, -0.15) is 13.2 Å². The van der Waals surface area contributed by atoms with Crippen molar-refractivity contribution in [1.29, 1.82) is 0 Å². The van der Waals surface area contributed by atoms with Crippen molar-refractivity contribution in [3.8, 4) is 11.1 Å². The van der Waals surface area contributed by atoms with Crippen LogP contribution in [0.25, 0.3) is 21.9 Å². The lowest BCUT2D eigenvalue weighted by atomic mass is 9.84. The highest BCUT2D eigenvalue weighted by molar-refractivity contribution is 5.97. The van der Waals surface area contributed by atoms with E-state index in [0.717, 1.165) is 28.1 Å². The van der Waals surface area contributed by atoms with E-state index in [4.69, 9.17) is 0 Å². The zero-order valence-electron chi connectivity index (χ0n) is 13.8. The minimum absolute atomic E-state index is 0.284. The predicted octanol–water partition coefficient (Wildman–Crippen LogP) is 6.22. The van der Waals surface area contributed by atoms with E-state index in [0.29, 0.717) is 5.56 Å². The molecule has 0 saturated heterocycles. The standard InChI is InChI=1S/C20H18F3N/c1-19(2,3)18-17(16-10-5-4-7-14(16)12-24-18)13-8-6-9-15(11-13)20(21,22)23/h4-12H,1-3H3. The summed E-state index contributed by atoms with van der Waals surface area (Å²) in [7, 11) is 0. The number of alkyl halides is 3. The third kappa shape index (κ3) is 3.01. The van der Waals surface area contributed by atoms with Gasteiger partial charge in [-0.3, -0.25) is 4.98 Å². The van der Waals surface area contributed by atoms with E-state index in [2.05, 4.69) is 4.98 Å². The van der Waals surface area contributed by atoms with Crippen LogP contribution in [0.2, 0.25) is 0 Å². The second-order valence-electron chi connectivity index (χ2n) is 6.90. The third-order valence-electron chi connectivity index (χ3n) is 3.99. The molecular formula is C20H18F3N. The zero-order valence-corrected chi connectivity index (χ0v) is 13.8. The Morgan fingerprint density at radius 1 is 0.875 bits per heavy atom. The average molecular weight is 329 g/mol. The Morgan fingerprint density at radius 2 is 1.58 bits per heavy atom. The minimum Gasteiger partial charge on any atom is -0.259 e. The summed E-state index contributed by atoms with van der Waals surface area (Å²) in [4.78, 5) is 4.57. The van der Waals surface area contributed by atoms with E-state index in [1.54, 1.807) is 12.3 Å². The van der Waals surface area contributed by atoms with Gasteiger partial charge in [-0.25, -0.2) is 0 Å². The number of benzene rings is 2. The maximum Gasteiger partial charge on any atom is 0.416 e. The van der Waals surface area contributed by atoms with E-state index in [-0.39, 0.29) is 5.41 Å². The van der Waals surface area contributed by atoms with Gasteiger partial charge in [0.15, 0.2) is 0 Å². The number of hydrogen-bond donors (Lipinski definition) is 0. The van der Waals surface area contributed by atoms with E-state index < -0.39 is 11.7 Å². The second kappa shape index (κ2) is 5.62. The molecule has 0 atom stereocenters. The van der Waals surface area contributed by atoms with Crippen molar-refractivity contribution >= 4 is 10.8 Å². The van der Waals surface area contributed by atoms with Crippen molar-refractivity contribution < 1.29 is 13.2 Å². The number of rotatable bonds is 1. The SMILES string of the molecule is CC(C)(C)c1ncc2ccccc2c1-c1cccc(C(F)(F)F)c1. The number of nitrogens with zero attached hydrogens (tertiary/aromatic N) is 1. The van der Waals surface area contributed by atoms with Gasteiger partial charge in [-0.1, -0.05) is 57.2 Å². The quantitative estimate of drug-likeness (QED) is 0.516. The number of hydrogen-bond acceptors (Lipinski definition) is 1. The molecule has 0 spiro atoms. The lowest BCUT2D eigenvalue weighted by Gasteiger charge is -2.23. The maximum absolute atomic E-state index is 13.1. The summed E-state index contributed by atoms with van der Waals surface area (Å²) < 4.78 is 39.3. The molecule has 0 unspecified atom stereocenters. The maximum atomic E-state index is 13.1. The van der Waals surface area contributed by atoms with Crippen LogP contribution in [0.3, 0.4) is 0 Å². The molecule has 124 valence electrons. The summed E-state index contributed by atoms with van der Waals surface area (Å²) in [6, 6.07) is 13.1. The van der Waals surface area contributed by atoms with Gasteiger partial charge in [0.2, 0.25) is 0 Å². The van der Waals surface area contributed by atoms with E-state index in [9.17, 15) is 13.2 Å². The van der Waals surface area contributed by atoms with Crippen LogP contribution in [0.5, 0.6) is 0 Å². The summed E-state index contributed by atoms with van der Waals surface area (Å²) in [5.41, 5.74) is 1.17. The fourth-order valence-corrected chi connectivity index (χ4v) is 2.88. The number of aromatic nitrogens is 1. The molecular weight excluding hydrogens is 311 g/mol. The van der Waals surface area contributed by atoms with Crippen molar-refractivity contribution in [2.45, 2.75) is 32.4 Å². The van der Waals surface area contributed by atoms with Crippen LogP contribution in [0.1, 0.15) is 32.0 Å². The lowest BCUT2D eigenvalue weighted by molar-refractivity contribution is -0.137. The van der Waals surface area contributed by atoms with E-state index in [1.165, 1.54) is 12.1 Å². The molecule has 1 heterocycles. The molecule has 3 aromatic rings. The Balaban J connectivity index is 2.36. The molecule has 0 radical (unpaired) electrons. The first-order valence-electron chi connectivity index (χ1n) is 7.74. The van der Waals surface area contributed by atoms with Crippen LogP contribution in [-0.4, -0.2) is 4.98 Å². The van der Waals surface area contributed by atoms with Crippen molar-refractivity contribution in [2.24, 2.45) is 0 Å². The summed E-state index contributed by atoms with van der Waals surface area (Å²) >= 11 is 0. The van der Waals surface area contributed by atoms with Crippen LogP contribution in [0, 0.1) is 0 Å². The molecule has 0 fully saturated rings. The van der Waals surface area contributed by atoms with Crippen molar-refractivity contribution in [3.05, 3.63) is 66.0 Å². The summed E-state index contributed by atoms with van der Waals surface area (Å²) in [6.07, 6.45) is -2.58. The van der Waals surface area contributed by atoms with E-state index in [1.807, 2.05) is 45.0 Å². The highest BCUT2D eigenvalue weighted by Crippen LogP contribution is 2.39. The van der Waals surface area contributed by atoms with Crippen molar-refractivity contribution in [2.75, 3.05) is 0 Å². The second-order valence-corrected chi connectivity index (χ2v) is 6.90. The average Bonchev–Trinajstić information content (AvgIpc) is 2.52. The van der Waals surface area contributed by atoms with Gasteiger partial charge in [0.1, 0.15) is 0 Å². The van der Waals surface area contributed by atoms with Gasteiger partial charge in [-0.05, 0) is 23.1 Å². The summed E-state index contributed by atoms with van der Waals surface area (Å²) in [5, 5.41) is 1.83. The van der Waals surface area contributed by atoms with Crippen LogP contribution in [0.4, 0.5) is 13.2 Å². The Bertz CT molecular complexity index is 889. The first kappa shape index (κ1) is 16.5. The smallest absolute Gasteiger partial charge is 0.259 e. The van der Waals surface area contributed by atoms with Gasteiger partial charge in [0.25, 0.3) is 0 Å². The van der Waals surface area contributed by atoms with Gasteiger partial charge in [0, 0.05) is 22.6 Å². The third-order valence-corrected chi connectivity index (χ3v) is 3.99. The van der Waals surface area contributed by atoms with E-state index >= 15 is 0 Å². The molecule has 0 amide bonds. The summed E-state index contributed by atoms with van der Waals surface area (Å²) in [5.74, 6) is 0. The first-order chi connectivity index (χ1) is 11.2. The lowest BCUT2D eigenvalue weighted by Crippen LogP contribution is -2.15. The molecule has 0 aliphatic heterocycles. The topological polar surface area (TPSA) is 12.9 Å². The molecule has 2 aromatic carbocycles. The number of halogens is 3. The highest BCUT2D eigenvalue weighted by Gasteiger charge is 2.31. The van der Waals surface area contributed by atoms with Crippen LogP contribution >= 0.6 is 0 Å². The highest BCUT2D eigenvalue weighted by atomic mass is 19.4. The van der Waals surface area contributed by atoms with Gasteiger partial charge in [-0.15, -0.1) is 0 Å². The minimum atomic E-state index is -4.37. The fraction of sp³-hybridized carbons (Fsp3) is 0.250. The predicted molar refractivity (Wildman–Crippen MR) is 90.9 cm³/mol. The molecule has 3 rings (SSSR count). The monoisotopic (exact) mass is 329 g/mol. The molecule has 0 saturated carbocycles. The molecule has 0 N–H and O–H groups in total. The van der Waals surface area contributed by atoms with Gasteiger partial charge < -0.3 is 0 Å². The van der Waals surface area contributed by atoms with Crippen LogP contribution in [-0.2, 0) is 11.6 Å². The normalized spacial score (nSPS) is 12.6. The Hall–Kier alpha value is -2.36. The van der Waals surface area contributed by atoms with Crippen molar-refractivity contribution in [3.63, 3.8) is 0 Å². The largest absolute Gasteiger partial charge is 0.416 e. The molecule has 1 nitrogen and oxygen atoms in total.